The number of carbonyl (C=O) groups is 1. The van der Waals surface area contributed by atoms with E-state index in [4.69, 9.17) is 4.52 Å². The van der Waals surface area contributed by atoms with E-state index >= 15 is 0 Å². The van der Waals surface area contributed by atoms with Gasteiger partial charge in [0.15, 0.2) is 0 Å². The lowest BCUT2D eigenvalue weighted by molar-refractivity contribution is 0.113. The van der Waals surface area contributed by atoms with E-state index in [1.807, 2.05) is 35.2 Å². The number of rotatable bonds is 4. The van der Waals surface area contributed by atoms with E-state index in [2.05, 4.69) is 20.4 Å². The van der Waals surface area contributed by atoms with Crippen LogP contribution in [0.4, 0.5) is 4.79 Å². The van der Waals surface area contributed by atoms with E-state index in [1.165, 1.54) is 0 Å². The Morgan fingerprint density at radius 3 is 2.92 bits per heavy atom. The van der Waals surface area contributed by atoms with Crippen molar-refractivity contribution in [1.29, 1.82) is 0 Å². The molecule has 0 bridgehead atoms. The molecule has 126 valence electrons. The van der Waals surface area contributed by atoms with Crippen molar-refractivity contribution in [2.45, 2.75) is 25.4 Å². The molecule has 1 aromatic heterocycles. The third-order valence-corrected chi connectivity index (χ3v) is 4.67. The van der Waals surface area contributed by atoms with Crippen LogP contribution in [-0.2, 0) is 6.54 Å². The van der Waals surface area contributed by atoms with Gasteiger partial charge >= 0.3 is 6.03 Å². The van der Waals surface area contributed by atoms with Crippen LogP contribution in [0.15, 0.2) is 34.9 Å². The number of carbonyl (C=O) groups excluding carboxylic acids is 1. The zero-order valence-electron chi connectivity index (χ0n) is 13.5. The second kappa shape index (κ2) is 6.60. The van der Waals surface area contributed by atoms with Crippen LogP contribution in [0, 0.1) is 0 Å². The molecule has 2 aliphatic heterocycles. The van der Waals surface area contributed by atoms with E-state index in [-0.39, 0.29) is 12.1 Å². The Hall–Kier alpha value is -2.41. The quantitative estimate of drug-likeness (QED) is 0.925. The van der Waals surface area contributed by atoms with E-state index in [0.717, 1.165) is 44.6 Å². The molecular formula is C17H21N5O2. The lowest BCUT2D eigenvalue weighted by atomic mass is 10.0. The molecule has 1 N–H and O–H groups in total. The number of nitrogens with one attached hydrogen (secondary N) is 1. The van der Waals surface area contributed by atoms with Crippen molar-refractivity contribution in [2.75, 3.05) is 26.2 Å². The van der Waals surface area contributed by atoms with Gasteiger partial charge in [-0.1, -0.05) is 35.5 Å². The molecule has 2 aliphatic rings. The topological polar surface area (TPSA) is 74.5 Å². The van der Waals surface area contributed by atoms with Crippen LogP contribution in [-0.4, -0.2) is 58.2 Å². The molecule has 2 amide bonds. The van der Waals surface area contributed by atoms with Gasteiger partial charge in [0, 0.05) is 31.2 Å². The average molecular weight is 327 g/mol. The van der Waals surface area contributed by atoms with Crippen molar-refractivity contribution in [3.63, 3.8) is 0 Å². The lowest BCUT2D eigenvalue weighted by Crippen LogP contribution is -2.48. The van der Waals surface area contributed by atoms with Gasteiger partial charge in [0.25, 0.3) is 0 Å². The second-order valence-corrected chi connectivity index (χ2v) is 6.33. The highest BCUT2D eigenvalue weighted by Crippen LogP contribution is 2.20. The normalized spacial score (nSPS) is 21.9. The zero-order chi connectivity index (χ0) is 16.4. The third kappa shape index (κ3) is 3.12. The standard InChI is InChI=1S/C17H21N5O2/c23-17-18-8-10-22(17)14-7-4-9-21(11-14)12-15-19-16(20-24-15)13-5-2-1-3-6-13/h1-3,5-6,14H,4,7-12H2,(H,18,23)/t14-/m0/s1. The summed E-state index contributed by atoms with van der Waals surface area (Å²) < 4.78 is 5.41. The monoisotopic (exact) mass is 327 g/mol. The fourth-order valence-corrected chi connectivity index (χ4v) is 3.48. The van der Waals surface area contributed by atoms with Gasteiger partial charge in [0.05, 0.1) is 6.54 Å². The Morgan fingerprint density at radius 1 is 1.25 bits per heavy atom. The van der Waals surface area contributed by atoms with Crippen LogP contribution in [0.1, 0.15) is 18.7 Å². The first-order valence-electron chi connectivity index (χ1n) is 8.44. The number of urea groups is 1. The molecule has 24 heavy (non-hydrogen) atoms. The summed E-state index contributed by atoms with van der Waals surface area (Å²) in [5.74, 6) is 1.25. The van der Waals surface area contributed by atoms with Crippen LogP contribution in [0.2, 0.25) is 0 Å². The van der Waals surface area contributed by atoms with Crippen LogP contribution in [0.3, 0.4) is 0 Å². The van der Waals surface area contributed by atoms with Crippen molar-refractivity contribution in [1.82, 2.24) is 25.3 Å². The molecule has 4 rings (SSSR count). The van der Waals surface area contributed by atoms with Gasteiger partial charge in [0.1, 0.15) is 0 Å². The SMILES string of the molecule is O=C1NCCN1[C@H]1CCCN(Cc2nc(-c3ccccc3)no2)C1. The summed E-state index contributed by atoms with van der Waals surface area (Å²) in [5, 5.41) is 6.95. The largest absolute Gasteiger partial charge is 0.338 e. The zero-order valence-corrected chi connectivity index (χ0v) is 13.5. The number of nitrogens with zero attached hydrogens (tertiary/aromatic N) is 4. The number of hydrogen-bond acceptors (Lipinski definition) is 5. The summed E-state index contributed by atoms with van der Waals surface area (Å²) in [7, 11) is 0. The lowest BCUT2D eigenvalue weighted by Gasteiger charge is -2.36. The molecule has 1 aromatic carbocycles. The van der Waals surface area contributed by atoms with Gasteiger partial charge in [-0.3, -0.25) is 4.90 Å². The molecule has 2 fully saturated rings. The summed E-state index contributed by atoms with van der Waals surface area (Å²) in [6.07, 6.45) is 2.14. The summed E-state index contributed by atoms with van der Waals surface area (Å²) in [6.45, 7) is 4.03. The molecular weight excluding hydrogens is 306 g/mol. The molecule has 7 heteroatoms. The minimum absolute atomic E-state index is 0.0611. The van der Waals surface area contributed by atoms with Gasteiger partial charge in [-0.2, -0.15) is 4.98 Å². The first-order valence-corrected chi connectivity index (χ1v) is 8.44. The van der Waals surface area contributed by atoms with Crippen molar-refractivity contribution < 1.29 is 9.32 Å². The molecule has 2 aromatic rings. The Kier molecular flexibility index (Phi) is 4.17. The van der Waals surface area contributed by atoms with Crippen molar-refractivity contribution in [3.05, 3.63) is 36.2 Å². The molecule has 0 aliphatic carbocycles. The Labute approximate surface area is 140 Å². The van der Waals surface area contributed by atoms with E-state index in [0.29, 0.717) is 18.3 Å². The maximum absolute atomic E-state index is 11.9. The van der Waals surface area contributed by atoms with Gasteiger partial charge in [-0.25, -0.2) is 4.79 Å². The molecule has 3 heterocycles. The summed E-state index contributed by atoms with van der Waals surface area (Å²) in [6, 6.07) is 10.2. The minimum atomic E-state index is 0.0611. The van der Waals surface area contributed by atoms with E-state index < -0.39 is 0 Å². The maximum Gasteiger partial charge on any atom is 0.317 e. The summed E-state index contributed by atoms with van der Waals surface area (Å²) in [5.41, 5.74) is 0.956. The van der Waals surface area contributed by atoms with Gasteiger partial charge < -0.3 is 14.7 Å². The van der Waals surface area contributed by atoms with Crippen molar-refractivity contribution in [2.24, 2.45) is 0 Å². The molecule has 0 unspecified atom stereocenters. The first kappa shape index (κ1) is 15.1. The highest BCUT2D eigenvalue weighted by atomic mass is 16.5. The fraction of sp³-hybridized carbons (Fsp3) is 0.471. The number of amides is 2. The van der Waals surface area contributed by atoms with Gasteiger partial charge in [-0.05, 0) is 19.4 Å². The predicted molar refractivity (Wildman–Crippen MR) is 88.1 cm³/mol. The Balaban J connectivity index is 1.40. The molecule has 0 saturated carbocycles. The smallest absolute Gasteiger partial charge is 0.317 e. The molecule has 1 atom stereocenters. The first-order chi connectivity index (χ1) is 11.8. The minimum Gasteiger partial charge on any atom is -0.338 e. The van der Waals surface area contributed by atoms with Crippen LogP contribution >= 0.6 is 0 Å². The highest BCUT2D eigenvalue weighted by molar-refractivity contribution is 5.76. The molecule has 0 radical (unpaired) electrons. The van der Waals surface area contributed by atoms with Crippen molar-refractivity contribution in [3.8, 4) is 11.4 Å². The summed E-state index contributed by atoms with van der Waals surface area (Å²) >= 11 is 0. The second-order valence-electron chi connectivity index (χ2n) is 6.33. The predicted octanol–water partition coefficient (Wildman–Crippen LogP) is 1.73. The molecule has 0 spiro atoms. The number of aromatic nitrogens is 2. The van der Waals surface area contributed by atoms with Crippen LogP contribution in [0.5, 0.6) is 0 Å². The van der Waals surface area contributed by atoms with Crippen LogP contribution < -0.4 is 5.32 Å². The van der Waals surface area contributed by atoms with Gasteiger partial charge in [-0.15, -0.1) is 0 Å². The number of hydrogen-bond donors (Lipinski definition) is 1. The third-order valence-electron chi connectivity index (χ3n) is 4.67. The number of likely N-dealkylation sites (tertiary alicyclic amines) is 1. The summed E-state index contributed by atoms with van der Waals surface area (Å²) in [4.78, 5) is 20.6. The molecule has 7 nitrogen and oxygen atoms in total. The number of piperidine rings is 1. The van der Waals surface area contributed by atoms with E-state index in [9.17, 15) is 4.79 Å². The Bertz CT molecular complexity index is 702. The van der Waals surface area contributed by atoms with Crippen molar-refractivity contribution >= 4 is 6.03 Å². The molecule has 2 saturated heterocycles. The van der Waals surface area contributed by atoms with E-state index in [1.54, 1.807) is 0 Å². The number of benzene rings is 1. The van der Waals surface area contributed by atoms with Crippen LogP contribution in [0.25, 0.3) is 11.4 Å². The fourth-order valence-electron chi connectivity index (χ4n) is 3.48. The Morgan fingerprint density at radius 2 is 2.12 bits per heavy atom. The van der Waals surface area contributed by atoms with Gasteiger partial charge in [0.2, 0.25) is 11.7 Å². The maximum atomic E-state index is 11.9. The highest BCUT2D eigenvalue weighted by Gasteiger charge is 2.31. The average Bonchev–Trinajstić information content (AvgIpc) is 3.25.